The Labute approximate surface area is 254 Å². The van der Waals surface area contributed by atoms with Crippen molar-refractivity contribution in [2.24, 2.45) is 0 Å². The van der Waals surface area contributed by atoms with Crippen molar-refractivity contribution in [1.82, 2.24) is 15.1 Å². The van der Waals surface area contributed by atoms with E-state index >= 15 is 0 Å². The molecule has 0 bridgehead atoms. The number of alkyl halides is 6. The van der Waals surface area contributed by atoms with Gasteiger partial charge in [0.25, 0.3) is 11.5 Å². The number of nitrogens with one attached hydrogen (secondary N) is 1. The number of aryl methyl sites for hydroxylation is 1. The molecule has 1 atom stereocenters. The highest BCUT2D eigenvalue weighted by molar-refractivity contribution is 6.09. The fraction of sp³-hybridized carbons (Fsp3) is 0.500. The third-order valence-corrected chi connectivity index (χ3v) is 8.65. The third-order valence-electron chi connectivity index (χ3n) is 8.65. The summed E-state index contributed by atoms with van der Waals surface area (Å²) < 4.78 is 86.4. The molecule has 0 aromatic heterocycles. The van der Waals surface area contributed by atoms with Gasteiger partial charge < -0.3 is 25.0 Å². The first-order valence-corrected chi connectivity index (χ1v) is 14.4. The molecule has 15 heteroatoms. The molecule has 0 saturated carbocycles. The second-order valence-corrected chi connectivity index (χ2v) is 11.5. The Balaban J connectivity index is 1.27. The topological polar surface area (TPSA) is 102 Å². The van der Waals surface area contributed by atoms with Gasteiger partial charge in [-0.25, -0.2) is 4.79 Å². The largest absolute Gasteiger partial charge is 0.493 e. The van der Waals surface area contributed by atoms with Gasteiger partial charge in [0, 0.05) is 43.9 Å². The van der Waals surface area contributed by atoms with E-state index in [0.29, 0.717) is 36.1 Å². The SMILES string of the molecule is CCCc1cc(C(O)(C(F)(F)F)C(F)(F)F)ccc1N1CCN(C(=O)CN2C(=O)NC(C)(c3ccc4c(c3)OCC4)C2=O)CC1. The molecule has 2 N–H and O–H groups in total. The van der Waals surface area contributed by atoms with Gasteiger partial charge in [-0.2, -0.15) is 26.3 Å². The van der Waals surface area contributed by atoms with E-state index in [4.69, 9.17) is 4.74 Å². The van der Waals surface area contributed by atoms with Crippen LogP contribution < -0.4 is 15.0 Å². The zero-order chi connectivity index (χ0) is 32.9. The monoisotopic (exact) mass is 642 g/mol. The van der Waals surface area contributed by atoms with E-state index < -0.39 is 53.4 Å². The molecule has 0 spiro atoms. The van der Waals surface area contributed by atoms with E-state index in [0.717, 1.165) is 29.0 Å². The summed E-state index contributed by atoms with van der Waals surface area (Å²) in [7, 11) is 0. The number of piperazine rings is 1. The number of benzene rings is 2. The van der Waals surface area contributed by atoms with Crippen LogP contribution in [0.4, 0.5) is 36.8 Å². The van der Waals surface area contributed by atoms with Crippen LogP contribution in [0.25, 0.3) is 0 Å². The van der Waals surface area contributed by atoms with Crippen molar-refractivity contribution in [3.05, 3.63) is 58.7 Å². The Morgan fingerprint density at radius 3 is 2.29 bits per heavy atom. The number of amides is 4. The molecular formula is C30H32F6N4O5. The molecule has 9 nitrogen and oxygen atoms in total. The average molecular weight is 643 g/mol. The molecule has 2 fully saturated rings. The standard InChI is InChI=1S/C30H32F6N4O5/c1-3-4-19-15-21(28(44,29(31,32)33)30(34,35)36)7-8-22(19)38-10-12-39(13-11-38)24(41)17-40-25(42)27(2,37-26(40)43)20-6-5-18-9-14-45-23(18)16-20/h5-8,15-16,44H,3-4,9-14,17H2,1-2H3,(H,37,43). The fourth-order valence-electron chi connectivity index (χ4n) is 6.02. The van der Waals surface area contributed by atoms with E-state index in [1.165, 1.54) is 4.90 Å². The zero-order valence-corrected chi connectivity index (χ0v) is 24.5. The van der Waals surface area contributed by atoms with Crippen LogP contribution in [0.15, 0.2) is 36.4 Å². The number of rotatable bonds is 7. The van der Waals surface area contributed by atoms with E-state index in [-0.39, 0.29) is 38.2 Å². The Morgan fingerprint density at radius 1 is 1.00 bits per heavy atom. The van der Waals surface area contributed by atoms with Crippen LogP contribution in [0.5, 0.6) is 5.75 Å². The maximum atomic E-state index is 13.5. The lowest BCUT2D eigenvalue weighted by Crippen LogP contribution is -2.54. The van der Waals surface area contributed by atoms with Crippen molar-refractivity contribution >= 4 is 23.5 Å². The lowest BCUT2D eigenvalue weighted by atomic mass is 9.89. The normalized spacial score (nSPS) is 20.8. The fourth-order valence-corrected chi connectivity index (χ4v) is 6.02. The number of urea groups is 1. The van der Waals surface area contributed by atoms with Crippen molar-refractivity contribution in [2.75, 3.05) is 44.2 Å². The maximum Gasteiger partial charge on any atom is 0.430 e. The summed E-state index contributed by atoms with van der Waals surface area (Å²) in [6.07, 6.45) is -10.7. The number of hydrogen-bond acceptors (Lipinski definition) is 6. The number of carbonyl (C=O) groups is 3. The molecule has 2 aromatic rings. The molecule has 3 heterocycles. The van der Waals surface area contributed by atoms with Crippen LogP contribution in [0.1, 0.15) is 42.5 Å². The van der Waals surface area contributed by atoms with E-state index in [9.17, 15) is 45.8 Å². The lowest BCUT2D eigenvalue weighted by Gasteiger charge is -2.38. The smallest absolute Gasteiger partial charge is 0.430 e. The average Bonchev–Trinajstić information content (AvgIpc) is 3.54. The summed E-state index contributed by atoms with van der Waals surface area (Å²) in [4.78, 5) is 43.4. The molecular weight excluding hydrogens is 610 g/mol. The van der Waals surface area contributed by atoms with Gasteiger partial charge in [-0.3, -0.25) is 14.5 Å². The number of carbonyl (C=O) groups excluding carboxylic acids is 3. The molecule has 0 radical (unpaired) electrons. The first kappa shape index (κ1) is 32.4. The third kappa shape index (κ3) is 5.55. The molecule has 5 rings (SSSR count). The Morgan fingerprint density at radius 2 is 1.67 bits per heavy atom. The van der Waals surface area contributed by atoms with Gasteiger partial charge in [-0.1, -0.05) is 37.6 Å². The molecule has 2 saturated heterocycles. The predicted molar refractivity (Wildman–Crippen MR) is 148 cm³/mol. The highest BCUT2D eigenvalue weighted by atomic mass is 19.4. The van der Waals surface area contributed by atoms with Crippen molar-refractivity contribution in [3.63, 3.8) is 0 Å². The van der Waals surface area contributed by atoms with Crippen LogP contribution in [-0.4, -0.2) is 84.4 Å². The Hall–Kier alpha value is -4.01. The number of hydrogen-bond donors (Lipinski definition) is 2. The molecule has 45 heavy (non-hydrogen) atoms. The highest BCUT2D eigenvalue weighted by Gasteiger charge is 2.71. The second kappa shape index (κ2) is 11.4. The summed E-state index contributed by atoms with van der Waals surface area (Å²) in [6.45, 7) is 3.92. The van der Waals surface area contributed by atoms with Crippen LogP contribution in [-0.2, 0) is 33.6 Å². The van der Waals surface area contributed by atoms with Crippen LogP contribution in [0, 0.1) is 0 Å². The number of fused-ring (bicyclic) bond motifs is 1. The second-order valence-electron chi connectivity index (χ2n) is 11.5. The van der Waals surface area contributed by atoms with Gasteiger partial charge in [0.2, 0.25) is 5.91 Å². The number of imide groups is 1. The van der Waals surface area contributed by atoms with E-state index in [1.54, 1.807) is 30.9 Å². The van der Waals surface area contributed by atoms with Gasteiger partial charge >= 0.3 is 18.4 Å². The van der Waals surface area contributed by atoms with Crippen LogP contribution in [0.2, 0.25) is 0 Å². The highest BCUT2D eigenvalue weighted by Crippen LogP contribution is 2.50. The number of ether oxygens (including phenoxy) is 1. The van der Waals surface area contributed by atoms with Gasteiger partial charge in [0.15, 0.2) is 0 Å². The van der Waals surface area contributed by atoms with Crippen molar-refractivity contribution < 1.29 is 50.6 Å². The Bertz CT molecular complexity index is 1490. The molecule has 1 unspecified atom stereocenters. The molecule has 3 aliphatic rings. The summed E-state index contributed by atoms with van der Waals surface area (Å²) >= 11 is 0. The minimum atomic E-state index is -6.00. The van der Waals surface area contributed by atoms with Crippen LogP contribution in [0.3, 0.4) is 0 Å². The number of aliphatic hydroxyl groups is 1. The molecule has 4 amide bonds. The number of anilines is 1. The van der Waals surface area contributed by atoms with Crippen molar-refractivity contribution in [2.45, 2.75) is 56.6 Å². The Kier molecular flexibility index (Phi) is 8.21. The maximum absolute atomic E-state index is 13.5. The quantitative estimate of drug-likeness (QED) is 0.350. The van der Waals surface area contributed by atoms with Gasteiger partial charge in [-0.15, -0.1) is 0 Å². The van der Waals surface area contributed by atoms with Crippen molar-refractivity contribution in [3.8, 4) is 5.75 Å². The van der Waals surface area contributed by atoms with Crippen molar-refractivity contribution in [1.29, 1.82) is 0 Å². The lowest BCUT2D eigenvalue weighted by molar-refractivity contribution is -0.376. The predicted octanol–water partition coefficient (Wildman–Crippen LogP) is 4.00. The van der Waals surface area contributed by atoms with Crippen LogP contribution >= 0.6 is 0 Å². The molecule has 3 aliphatic heterocycles. The van der Waals surface area contributed by atoms with Gasteiger partial charge in [0.1, 0.15) is 17.8 Å². The first-order chi connectivity index (χ1) is 21.0. The van der Waals surface area contributed by atoms with E-state index in [2.05, 4.69) is 5.32 Å². The molecule has 0 aliphatic carbocycles. The molecule has 244 valence electrons. The summed E-state index contributed by atoms with van der Waals surface area (Å²) in [5.74, 6) is -0.458. The summed E-state index contributed by atoms with van der Waals surface area (Å²) in [6, 6.07) is 7.03. The van der Waals surface area contributed by atoms with Gasteiger partial charge in [-0.05, 0) is 42.2 Å². The minimum absolute atomic E-state index is 0.129. The number of halogens is 6. The summed E-state index contributed by atoms with van der Waals surface area (Å²) in [5.41, 5.74) is -5.66. The zero-order valence-electron chi connectivity index (χ0n) is 24.5. The molecule has 2 aromatic carbocycles. The van der Waals surface area contributed by atoms with Gasteiger partial charge in [0.05, 0.1) is 6.61 Å². The minimum Gasteiger partial charge on any atom is -0.493 e. The number of nitrogens with zero attached hydrogens (tertiary/aromatic N) is 3. The first-order valence-electron chi connectivity index (χ1n) is 14.4. The van der Waals surface area contributed by atoms with E-state index in [1.807, 2.05) is 6.07 Å². The summed E-state index contributed by atoms with van der Waals surface area (Å²) in [5, 5.41) is 12.5.